The zero-order valence-corrected chi connectivity index (χ0v) is 9.29. The molecular weight excluding hydrogens is 204 g/mol. The topological polar surface area (TPSA) is 88.4 Å². The van der Waals surface area contributed by atoms with Crippen molar-refractivity contribution >= 4 is 0 Å². The van der Waals surface area contributed by atoms with E-state index in [0.717, 1.165) is 0 Å². The van der Waals surface area contributed by atoms with Gasteiger partial charge in [-0.05, 0) is 6.92 Å². The third-order valence-electron chi connectivity index (χ3n) is 1.97. The fourth-order valence-electron chi connectivity index (χ4n) is 1.25. The van der Waals surface area contributed by atoms with Gasteiger partial charge in [-0.25, -0.2) is 0 Å². The molecule has 0 aliphatic carbocycles. The molecule has 0 aliphatic heterocycles. The van der Waals surface area contributed by atoms with E-state index >= 15 is 0 Å². The molecule has 0 rings (SSSR count). The number of hydrogen-bond donors (Lipinski definition) is 3. The van der Waals surface area contributed by atoms with Crippen molar-refractivity contribution in [1.29, 1.82) is 0 Å². The lowest BCUT2D eigenvalue weighted by Gasteiger charge is -2.29. The van der Waals surface area contributed by atoms with Crippen molar-refractivity contribution in [2.45, 2.75) is 31.5 Å². The van der Waals surface area contributed by atoms with Gasteiger partial charge in [0.05, 0.1) is 19.3 Å². The minimum Gasteiger partial charge on any atom is -0.394 e. The molecule has 0 heterocycles. The normalized spacial score (nSPS) is 19.6. The van der Waals surface area contributed by atoms with Crippen molar-refractivity contribution in [1.82, 2.24) is 0 Å². The van der Waals surface area contributed by atoms with E-state index in [9.17, 15) is 10.2 Å². The minimum absolute atomic E-state index is 0.0474. The maximum Gasteiger partial charge on any atom is 0.185 e. The van der Waals surface area contributed by atoms with Crippen LogP contribution in [0.4, 0.5) is 0 Å². The highest BCUT2D eigenvalue weighted by atomic mass is 16.7. The van der Waals surface area contributed by atoms with Crippen molar-refractivity contribution in [2.24, 2.45) is 0 Å². The molecule has 0 aromatic rings. The van der Waals surface area contributed by atoms with E-state index < -0.39 is 24.6 Å². The van der Waals surface area contributed by atoms with Crippen LogP contribution in [0.15, 0.2) is 0 Å². The van der Waals surface area contributed by atoms with E-state index in [4.69, 9.17) is 19.3 Å². The third kappa shape index (κ3) is 4.87. The smallest absolute Gasteiger partial charge is 0.185 e. The molecule has 0 aromatic carbocycles. The molecule has 0 saturated heterocycles. The lowest BCUT2D eigenvalue weighted by Crippen LogP contribution is -2.46. The second-order valence-electron chi connectivity index (χ2n) is 3.13. The Morgan fingerprint density at radius 2 is 1.73 bits per heavy atom. The molecule has 0 bridgehead atoms. The lowest BCUT2D eigenvalue weighted by atomic mass is 10.1. The van der Waals surface area contributed by atoms with Crippen LogP contribution >= 0.6 is 0 Å². The fraction of sp³-hybridized carbons (Fsp3) is 1.00. The lowest BCUT2D eigenvalue weighted by molar-refractivity contribution is -0.220. The Morgan fingerprint density at radius 1 is 1.13 bits per heavy atom. The average molecular weight is 224 g/mol. The van der Waals surface area contributed by atoms with Crippen LogP contribution in [-0.2, 0) is 14.2 Å². The number of rotatable bonds is 8. The van der Waals surface area contributed by atoms with Crippen molar-refractivity contribution in [3.8, 4) is 0 Å². The summed E-state index contributed by atoms with van der Waals surface area (Å²) >= 11 is 0. The summed E-state index contributed by atoms with van der Waals surface area (Å²) in [4.78, 5) is 0. The summed E-state index contributed by atoms with van der Waals surface area (Å²) in [6.07, 6.45) is -3.70. The maximum atomic E-state index is 9.75. The average Bonchev–Trinajstić information content (AvgIpc) is 2.19. The highest BCUT2D eigenvalue weighted by Crippen LogP contribution is 2.11. The van der Waals surface area contributed by atoms with Gasteiger partial charge in [-0.2, -0.15) is 0 Å². The molecule has 92 valence electrons. The van der Waals surface area contributed by atoms with Gasteiger partial charge in [0.25, 0.3) is 0 Å². The molecule has 6 nitrogen and oxygen atoms in total. The van der Waals surface area contributed by atoms with Gasteiger partial charge in [0.1, 0.15) is 12.2 Å². The van der Waals surface area contributed by atoms with E-state index in [-0.39, 0.29) is 13.2 Å². The first-order valence-electron chi connectivity index (χ1n) is 4.72. The second kappa shape index (κ2) is 7.98. The van der Waals surface area contributed by atoms with Gasteiger partial charge < -0.3 is 29.5 Å². The van der Waals surface area contributed by atoms with Gasteiger partial charge in [0.15, 0.2) is 6.29 Å². The molecule has 4 atom stereocenters. The van der Waals surface area contributed by atoms with Crippen molar-refractivity contribution < 1.29 is 29.5 Å². The number of methoxy groups -OCH3 is 2. The Hall–Kier alpha value is -0.240. The van der Waals surface area contributed by atoms with Gasteiger partial charge in [0, 0.05) is 14.2 Å². The highest BCUT2D eigenvalue weighted by Gasteiger charge is 2.31. The van der Waals surface area contributed by atoms with Crippen LogP contribution in [-0.4, -0.2) is 67.4 Å². The predicted octanol–water partition coefficient (Wildman–Crippen LogP) is -1.28. The quantitative estimate of drug-likeness (QED) is 0.445. The van der Waals surface area contributed by atoms with Crippen LogP contribution in [0.25, 0.3) is 0 Å². The Kier molecular flexibility index (Phi) is 7.85. The molecule has 0 fully saturated rings. The minimum atomic E-state index is -1.12. The standard InChI is InChI=1S/C9H20O6/c1-6(11)8(13-2)7(12)9(14-3)15-5-4-10/h6-12H,4-5H2,1-3H3. The molecule has 0 amide bonds. The summed E-state index contributed by atoms with van der Waals surface area (Å²) in [7, 11) is 2.74. The van der Waals surface area contributed by atoms with E-state index in [2.05, 4.69) is 0 Å². The zero-order chi connectivity index (χ0) is 11.8. The molecule has 0 radical (unpaired) electrons. The Balaban J connectivity index is 4.26. The number of hydrogen-bond acceptors (Lipinski definition) is 6. The summed E-state index contributed by atoms with van der Waals surface area (Å²) in [6, 6.07) is 0. The molecule has 4 unspecified atom stereocenters. The SMILES string of the molecule is COC(OCCO)C(O)C(OC)C(C)O. The van der Waals surface area contributed by atoms with Gasteiger partial charge in [0.2, 0.25) is 0 Å². The summed E-state index contributed by atoms with van der Waals surface area (Å²) in [6.45, 7) is 1.38. The first-order chi connectivity index (χ1) is 7.08. The van der Waals surface area contributed by atoms with E-state index in [0.29, 0.717) is 0 Å². The van der Waals surface area contributed by atoms with Crippen molar-refractivity contribution in [3.63, 3.8) is 0 Å². The predicted molar refractivity (Wildman–Crippen MR) is 52.3 cm³/mol. The van der Waals surface area contributed by atoms with Crippen LogP contribution < -0.4 is 0 Å². The second-order valence-corrected chi connectivity index (χ2v) is 3.13. The van der Waals surface area contributed by atoms with Gasteiger partial charge in [-0.3, -0.25) is 0 Å². The zero-order valence-electron chi connectivity index (χ0n) is 9.29. The molecule has 0 aliphatic rings. The van der Waals surface area contributed by atoms with E-state index in [1.807, 2.05) is 0 Å². The summed E-state index contributed by atoms with van der Waals surface area (Å²) in [5.74, 6) is 0. The molecule has 0 saturated carbocycles. The first-order valence-corrected chi connectivity index (χ1v) is 4.72. The summed E-state index contributed by atoms with van der Waals surface area (Å²) in [5.41, 5.74) is 0. The molecular formula is C9H20O6. The largest absolute Gasteiger partial charge is 0.394 e. The Morgan fingerprint density at radius 3 is 2.07 bits per heavy atom. The van der Waals surface area contributed by atoms with Crippen LogP contribution in [0, 0.1) is 0 Å². The van der Waals surface area contributed by atoms with E-state index in [1.165, 1.54) is 21.1 Å². The highest BCUT2D eigenvalue weighted by molar-refractivity contribution is 4.76. The molecule has 3 N–H and O–H groups in total. The maximum absolute atomic E-state index is 9.75. The van der Waals surface area contributed by atoms with Crippen molar-refractivity contribution in [2.75, 3.05) is 27.4 Å². The molecule has 0 aromatic heterocycles. The fourth-order valence-corrected chi connectivity index (χ4v) is 1.25. The number of aliphatic hydroxyl groups excluding tert-OH is 3. The van der Waals surface area contributed by atoms with Gasteiger partial charge in [-0.15, -0.1) is 0 Å². The third-order valence-corrected chi connectivity index (χ3v) is 1.97. The van der Waals surface area contributed by atoms with Gasteiger partial charge >= 0.3 is 0 Å². The Bertz CT molecular complexity index is 152. The molecule has 0 spiro atoms. The van der Waals surface area contributed by atoms with Gasteiger partial charge in [-0.1, -0.05) is 0 Å². The van der Waals surface area contributed by atoms with E-state index in [1.54, 1.807) is 0 Å². The van der Waals surface area contributed by atoms with Crippen LogP contribution in [0.5, 0.6) is 0 Å². The summed E-state index contributed by atoms with van der Waals surface area (Å²) in [5, 5.41) is 27.6. The number of aliphatic hydroxyl groups is 3. The van der Waals surface area contributed by atoms with Crippen LogP contribution in [0.2, 0.25) is 0 Å². The van der Waals surface area contributed by atoms with Crippen LogP contribution in [0.1, 0.15) is 6.92 Å². The summed E-state index contributed by atoms with van der Waals surface area (Å²) < 4.78 is 14.8. The molecule has 6 heteroatoms. The Labute approximate surface area is 89.4 Å². The molecule has 15 heavy (non-hydrogen) atoms. The first kappa shape index (κ1) is 14.8. The van der Waals surface area contributed by atoms with Crippen molar-refractivity contribution in [3.05, 3.63) is 0 Å². The number of ether oxygens (including phenoxy) is 3. The monoisotopic (exact) mass is 224 g/mol. The van der Waals surface area contributed by atoms with Crippen LogP contribution in [0.3, 0.4) is 0 Å².